The minimum absolute atomic E-state index is 0.00191. The maximum atomic E-state index is 11.0. The quantitative estimate of drug-likeness (QED) is 0.619. The van der Waals surface area contributed by atoms with Crippen molar-refractivity contribution in [1.29, 1.82) is 0 Å². The van der Waals surface area contributed by atoms with Crippen LogP contribution in [0.2, 0.25) is 5.02 Å². The molecular formula is C10H10BrClN2O2. The molecule has 2 rings (SSSR count). The van der Waals surface area contributed by atoms with Crippen molar-refractivity contribution >= 4 is 38.9 Å². The fraction of sp³-hybridized carbons (Fsp3) is 0.400. The molecule has 0 atom stereocenters. The lowest BCUT2D eigenvalue weighted by molar-refractivity contribution is -0.384. The predicted molar refractivity (Wildman–Crippen MR) is 67.3 cm³/mol. The lowest BCUT2D eigenvalue weighted by atomic mass is 10.2. The topological polar surface area (TPSA) is 46.4 Å². The van der Waals surface area contributed by atoms with E-state index < -0.39 is 4.92 Å². The van der Waals surface area contributed by atoms with Gasteiger partial charge in [-0.2, -0.15) is 0 Å². The molecule has 0 saturated carbocycles. The van der Waals surface area contributed by atoms with Crippen LogP contribution >= 0.6 is 27.5 Å². The molecule has 1 heterocycles. The maximum Gasteiger partial charge on any atom is 0.312 e. The fourth-order valence-corrected chi connectivity index (χ4v) is 2.74. The standard InChI is InChI=1S/C10H10BrClN2O2/c11-7-3-4-8(12)10(14(15)16)9(7)13-5-1-2-6-13/h3-4H,1-2,5-6H2. The number of anilines is 1. The average molecular weight is 306 g/mol. The Bertz CT molecular complexity index is 433. The molecule has 86 valence electrons. The van der Waals surface area contributed by atoms with E-state index in [4.69, 9.17) is 11.6 Å². The van der Waals surface area contributed by atoms with Gasteiger partial charge in [0.25, 0.3) is 0 Å². The summed E-state index contributed by atoms with van der Waals surface area (Å²) in [6.07, 6.45) is 2.13. The number of rotatable bonds is 2. The van der Waals surface area contributed by atoms with Gasteiger partial charge in [0.1, 0.15) is 10.7 Å². The van der Waals surface area contributed by atoms with Crippen LogP contribution < -0.4 is 4.90 Å². The molecule has 0 aliphatic carbocycles. The van der Waals surface area contributed by atoms with Gasteiger partial charge in [-0.25, -0.2) is 0 Å². The second-order valence-corrected chi connectivity index (χ2v) is 4.94. The first-order valence-corrected chi connectivity index (χ1v) is 6.15. The SMILES string of the molecule is O=[N+]([O-])c1c(Cl)ccc(Br)c1N1CCCC1. The summed E-state index contributed by atoms with van der Waals surface area (Å²) < 4.78 is 0.727. The van der Waals surface area contributed by atoms with Crippen LogP contribution in [0.15, 0.2) is 16.6 Å². The first-order valence-electron chi connectivity index (χ1n) is 4.98. The van der Waals surface area contributed by atoms with Crippen LogP contribution in [-0.2, 0) is 0 Å². The molecule has 1 aliphatic heterocycles. The van der Waals surface area contributed by atoms with Crippen molar-refractivity contribution in [2.45, 2.75) is 12.8 Å². The largest absolute Gasteiger partial charge is 0.365 e. The third-order valence-corrected chi connectivity index (χ3v) is 3.60. The van der Waals surface area contributed by atoms with E-state index in [0.717, 1.165) is 30.4 Å². The summed E-state index contributed by atoms with van der Waals surface area (Å²) in [7, 11) is 0. The minimum atomic E-state index is -0.416. The van der Waals surface area contributed by atoms with Crippen molar-refractivity contribution in [2.75, 3.05) is 18.0 Å². The summed E-state index contributed by atoms with van der Waals surface area (Å²) in [6.45, 7) is 1.69. The van der Waals surface area contributed by atoms with Crippen molar-refractivity contribution in [3.05, 3.63) is 31.7 Å². The van der Waals surface area contributed by atoms with Gasteiger partial charge in [-0.3, -0.25) is 10.1 Å². The van der Waals surface area contributed by atoms with Gasteiger partial charge in [-0.05, 0) is 40.9 Å². The molecule has 1 saturated heterocycles. The van der Waals surface area contributed by atoms with Crippen LogP contribution in [-0.4, -0.2) is 18.0 Å². The number of halogens is 2. The maximum absolute atomic E-state index is 11.0. The second-order valence-electron chi connectivity index (χ2n) is 3.68. The molecule has 0 aromatic heterocycles. The lowest BCUT2D eigenvalue weighted by Gasteiger charge is -2.19. The zero-order valence-electron chi connectivity index (χ0n) is 8.45. The monoisotopic (exact) mass is 304 g/mol. The Balaban J connectivity index is 2.55. The van der Waals surface area contributed by atoms with E-state index in [1.807, 2.05) is 4.90 Å². The molecule has 4 nitrogen and oxygen atoms in total. The van der Waals surface area contributed by atoms with Gasteiger partial charge in [-0.15, -0.1) is 0 Å². The van der Waals surface area contributed by atoms with Crippen LogP contribution in [0.5, 0.6) is 0 Å². The number of hydrogen-bond acceptors (Lipinski definition) is 3. The summed E-state index contributed by atoms with van der Waals surface area (Å²) in [5.41, 5.74) is 0.605. The van der Waals surface area contributed by atoms with Gasteiger partial charge in [0, 0.05) is 17.6 Å². The smallest absolute Gasteiger partial charge is 0.312 e. The molecule has 0 radical (unpaired) electrons. The molecule has 0 bridgehead atoms. The molecular weight excluding hydrogens is 295 g/mol. The summed E-state index contributed by atoms with van der Waals surface area (Å²) in [6, 6.07) is 3.30. The number of nitro benzene ring substituents is 1. The average Bonchev–Trinajstić information content (AvgIpc) is 2.73. The summed E-state index contributed by atoms with van der Waals surface area (Å²) in [5.74, 6) is 0. The van der Waals surface area contributed by atoms with Crippen LogP contribution in [0.3, 0.4) is 0 Å². The van der Waals surface area contributed by atoms with Crippen molar-refractivity contribution in [1.82, 2.24) is 0 Å². The van der Waals surface area contributed by atoms with Crippen LogP contribution in [0.25, 0.3) is 0 Å². The molecule has 0 amide bonds. The van der Waals surface area contributed by atoms with Crippen molar-refractivity contribution < 1.29 is 4.92 Å². The molecule has 1 aromatic carbocycles. The zero-order chi connectivity index (χ0) is 11.7. The Morgan fingerprint density at radius 1 is 1.38 bits per heavy atom. The summed E-state index contributed by atoms with van der Waals surface area (Å²) in [4.78, 5) is 12.6. The van der Waals surface area contributed by atoms with Crippen LogP contribution in [0, 0.1) is 10.1 Å². The Morgan fingerprint density at radius 2 is 2.00 bits per heavy atom. The first-order chi connectivity index (χ1) is 7.61. The number of nitrogens with zero attached hydrogens (tertiary/aromatic N) is 2. The van der Waals surface area contributed by atoms with Gasteiger partial charge >= 0.3 is 5.69 Å². The minimum Gasteiger partial charge on any atom is -0.365 e. The van der Waals surface area contributed by atoms with E-state index in [9.17, 15) is 10.1 Å². The van der Waals surface area contributed by atoms with Crippen molar-refractivity contribution in [3.8, 4) is 0 Å². The fourth-order valence-electron chi connectivity index (χ4n) is 1.95. The Kier molecular flexibility index (Phi) is 3.35. The number of nitro groups is 1. The normalized spacial score (nSPS) is 15.5. The molecule has 0 unspecified atom stereocenters. The highest BCUT2D eigenvalue weighted by Crippen LogP contribution is 2.41. The zero-order valence-corrected chi connectivity index (χ0v) is 10.8. The van der Waals surface area contributed by atoms with E-state index in [1.165, 1.54) is 0 Å². The Hall–Kier alpha value is -0.810. The van der Waals surface area contributed by atoms with E-state index in [0.29, 0.717) is 5.69 Å². The summed E-state index contributed by atoms with van der Waals surface area (Å²) in [5, 5.41) is 11.2. The third-order valence-electron chi connectivity index (χ3n) is 2.66. The predicted octanol–water partition coefficient (Wildman–Crippen LogP) is 3.61. The van der Waals surface area contributed by atoms with E-state index >= 15 is 0 Å². The van der Waals surface area contributed by atoms with E-state index in [2.05, 4.69) is 15.9 Å². The van der Waals surface area contributed by atoms with Gasteiger partial charge < -0.3 is 4.90 Å². The number of hydrogen-bond donors (Lipinski definition) is 0. The second kappa shape index (κ2) is 4.59. The molecule has 16 heavy (non-hydrogen) atoms. The number of benzene rings is 1. The highest BCUT2D eigenvalue weighted by molar-refractivity contribution is 9.10. The molecule has 1 fully saturated rings. The van der Waals surface area contributed by atoms with Crippen LogP contribution in [0.1, 0.15) is 12.8 Å². The van der Waals surface area contributed by atoms with Crippen molar-refractivity contribution in [3.63, 3.8) is 0 Å². The van der Waals surface area contributed by atoms with Gasteiger partial charge in [0.05, 0.1) is 4.92 Å². The molecule has 0 N–H and O–H groups in total. The highest BCUT2D eigenvalue weighted by Gasteiger charge is 2.27. The van der Waals surface area contributed by atoms with E-state index in [-0.39, 0.29) is 10.7 Å². The molecule has 1 aliphatic rings. The Labute approximate surface area is 106 Å². The summed E-state index contributed by atoms with van der Waals surface area (Å²) >= 11 is 9.24. The van der Waals surface area contributed by atoms with Gasteiger partial charge in [0.15, 0.2) is 0 Å². The Morgan fingerprint density at radius 3 is 2.56 bits per heavy atom. The molecule has 1 aromatic rings. The molecule has 0 spiro atoms. The molecule has 6 heteroatoms. The van der Waals surface area contributed by atoms with Gasteiger partial charge in [0.2, 0.25) is 0 Å². The first kappa shape index (κ1) is 11.7. The van der Waals surface area contributed by atoms with Crippen molar-refractivity contribution in [2.24, 2.45) is 0 Å². The van der Waals surface area contributed by atoms with Gasteiger partial charge in [-0.1, -0.05) is 11.6 Å². The third kappa shape index (κ3) is 2.01. The lowest BCUT2D eigenvalue weighted by Crippen LogP contribution is -2.19. The highest BCUT2D eigenvalue weighted by atomic mass is 79.9. The van der Waals surface area contributed by atoms with E-state index in [1.54, 1.807) is 12.1 Å². The van der Waals surface area contributed by atoms with Crippen LogP contribution in [0.4, 0.5) is 11.4 Å².